The molecule has 1 nitrogen and oxygen atoms in total. The van der Waals surface area contributed by atoms with E-state index < -0.39 is 0 Å². The topological polar surface area (TPSA) is 20.2 Å². The molecule has 0 saturated carbocycles. The average molecular weight is 325 g/mol. The van der Waals surface area contributed by atoms with E-state index in [1.54, 1.807) is 11.3 Å². The van der Waals surface area contributed by atoms with Gasteiger partial charge in [0.1, 0.15) is 0 Å². The fourth-order valence-corrected chi connectivity index (χ4v) is 3.71. The molecule has 1 heterocycles. The van der Waals surface area contributed by atoms with Crippen LogP contribution >= 0.6 is 27.3 Å². The van der Waals surface area contributed by atoms with Crippen LogP contribution in [0.1, 0.15) is 16.0 Å². The minimum Gasteiger partial charge on any atom is -0.396 e. The van der Waals surface area contributed by atoms with Crippen molar-refractivity contribution in [3.63, 3.8) is 0 Å². The van der Waals surface area contributed by atoms with Crippen molar-refractivity contribution < 1.29 is 5.11 Å². The highest BCUT2D eigenvalue weighted by Gasteiger charge is 2.13. The van der Waals surface area contributed by atoms with E-state index in [0.717, 1.165) is 17.3 Å². The molecule has 0 amide bonds. The van der Waals surface area contributed by atoms with Gasteiger partial charge in [0.25, 0.3) is 0 Å². The Bertz CT molecular complexity index is 507. The quantitative estimate of drug-likeness (QED) is 0.873. The number of benzene rings is 1. The second-order valence-electron chi connectivity index (χ2n) is 4.58. The molecule has 0 aliphatic carbocycles. The van der Waals surface area contributed by atoms with Crippen LogP contribution in [-0.4, -0.2) is 11.7 Å². The van der Waals surface area contributed by atoms with E-state index in [4.69, 9.17) is 0 Å². The Morgan fingerprint density at radius 1 is 1.22 bits per heavy atom. The number of hydrogen-bond acceptors (Lipinski definition) is 2. The predicted molar refractivity (Wildman–Crippen MR) is 81.2 cm³/mol. The molecule has 0 bridgehead atoms. The second kappa shape index (κ2) is 6.50. The molecule has 0 aliphatic rings. The van der Waals surface area contributed by atoms with Crippen molar-refractivity contribution in [2.75, 3.05) is 6.61 Å². The van der Waals surface area contributed by atoms with Crippen molar-refractivity contribution in [1.29, 1.82) is 0 Å². The predicted octanol–water partition coefficient (Wildman–Crippen LogP) is 4.21. The first-order valence-electron chi connectivity index (χ1n) is 6.08. The highest BCUT2D eigenvalue weighted by atomic mass is 79.9. The maximum atomic E-state index is 9.56. The van der Waals surface area contributed by atoms with Gasteiger partial charge in [-0.1, -0.05) is 24.3 Å². The summed E-state index contributed by atoms with van der Waals surface area (Å²) in [5.74, 6) is 0.293. The van der Waals surface area contributed by atoms with Gasteiger partial charge in [-0.25, -0.2) is 0 Å². The summed E-state index contributed by atoms with van der Waals surface area (Å²) in [6.07, 6.45) is 1.87. The van der Waals surface area contributed by atoms with Gasteiger partial charge in [0, 0.05) is 16.0 Å². The Balaban J connectivity index is 2.06. The molecule has 2 aromatic rings. The standard InChI is InChI=1S/C15H17BrOS/c1-11-4-2-3-5-13(11)8-12(10-17)9-15-14(16)6-7-18-15/h2-7,12,17H,8-10H2,1H3. The molecule has 96 valence electrons. The van der Waals surface area contributed by atoms with Crippen LogP contribution in [0.25, 0.3) is 0 Å². The first-order valence-corrected chi connectivity index (χ1v) is 7.75. The van der Waals surface area contributed by atoms with Crippen molar-refractivity contribution in [2.24, 2.45) is 5.92 Å². The Labute approximate surface area is 121 Å². The van der Waals surface area contributed by atoms with Crippen LogP contribution in [0.3, 0.4) is 0 Å². The Hall–Kier alpha value is -0.640. The molecule has 1 aromatic carbocycles. The van der Waals surface area contributed by atoms with Gasteiger partial charge in [-0.2, -0.15) is 0 Å². The van der Waals surface area contributed by atoms with E-state index in [2.05, 4.69) is 58.6 Å². The van der Waals surface area contributed by atoms with E-state index in [9.17, 15) is 5.11 Å². The second-order valence-corrected chi connectivity index (χ2v) is 6.43. The van der Waals surface area contributed by atoms with Crippen LogP contribution in [0, 0.1) is 12.8 Å². The number of aliphatic hydroxyl groups excluding tert-OH is 1. The van der Waals surface area contributed by atoms with Gasteiger partial charge in [0.05, 0.1) is 0 Å². The van der Waals surface area contributed by atoms with E-state index in [-0.39, 0.29) is 6.61 Å². The molecule has 1 unspecified atom stereocenters. The van der Waals surface area contributed by atoms with Gasteiger partial charge in [-0.3, -0.25) is 0 Å². The first-order chi connectivity index (χ1) is 8.70. The maximum absolute atomic E-state index is 9.56. The van der Waals surface area contributed by atoms with Gasteiger partial charge in [0.2, 0.25) is 0 Å². The van der Waals surface area contributed by atoms with Gasteiger partial charge >= 0.3 is 0 Å². The number of rotatable bonds is 5. The van der Waals surface area contributed by atoms with Gasteiger partial charge in [0.15, 0.2) is 0 Å². The largest absolute Gasteiger partial charge is 0.396 e. The zero-order chi connectivity index (χ0) is 13.0. The zero-order valence-corrected chi connectivity index (χ0v) is 12.8. The molecule has 0 spiro atoms. The smallest absolute Gasteiger partial charge is 0.0465 e. The Morgan fingerprint density at radius 3 is 2.61 bits per heavy atom. The van der Waals surface area contributed by atoms with E-state index in [1.807, 2.05) is 0 Å². The molecule has 18 heavy (non-hydrogen) atoms. The molecule has 2 rings (SSSR count). The minimum absolute atomic E-state index is 0.235. The van der Waals surface area contributed by atoms with Crippen LogP contribution in [0.5, 0.6) is 0 Å². The summed E-state index contributed by atoms with van der Waals surface area (Å²) in [5, 5.41) is 11.6. The van der Waals surface area contributed by atoms with Crippen LogP contribution in [0.2, 0.25) is 0 Å². The van der Waals surface area contributed by atoms with Crippen LogP contribution < -0.4 is 0 Å². The van der Waals surface area contributed by atoms with Crippen molar-refractivity contribution in [2.45, 2.75) is 19.8 Å². The molecule has 1 aromatic heterocycles. The molecule has 0 radical (unpaired) electrons. The zero-order valence-electron chi connectivity index (χ0n) is 10.4. The summed E-state index contributed by atoms with van der Waals surface area (Å²) >= 11 is 5.30. The van der Waals surface area contributed by atoms with Crippen LogP contribution in [0.15, 0.2) is 40.2 Å². The lowest BCUT2D eigenvalue weighted by atomic mass is 9.94. The Morgan fingerprint density at radius 2 is 2.00 bits per heavy atom. The van der Waals surface area contributed by atoms with Crippen LogP contribution in [0.4, 0.5) is 0 Å². The summed E-state index contributed by atoms with van der Waals surface area (Å²) < 4.78 is 1.16. The number of halogens is 1. The van der Waals surface area contributed by atoms with E-state index >= 15 is 0 Å². The summed E-state index contributed by atoms with van der Waals surface area (Å²) in [5.41, 5.74) is 2.64. The normalized spacial score (nSPS) is 12.6. The minimum atomic E-state index is 0.235. The van der Waals surface area contributed by atoms with Gasteiger partial charge in [-0.05, 0) is 64.2 Å². The van der Waals surface area contributed by atoms with Crippen molar-refractivity contribution in [1.82, 2.24) is 0 Å². The Kier molecular flexibility index (Phi) is 4.98. The fraction of sp³-hybridized carbons (Fsp3) is 0.333. The van der Waals surface area contributed by atoms with Crippen molar-refractivity contribution in [3.8, 4) is 0 Å². The molecule has 0 fully saturated rings. The van der Waals surface area contributed by atoms with E-state index in [1.165, 1.54) is 16.0 Å². The number of hydrogen-bond donors (Lipinski definition) is 1. The van der Waals surface area contributed by atoms with Gasteiger partial charge < -0.3 is 5.11 Å². The van der Waals surface area contributed by atoms with E-state index in [0.29, 0.717) is 5.92 Å². The third kappa shape index (κ3) is 3.44. The molecular formula is C15H17BrOS. The highest BCUT2D eigenvalue weighted by molar-refractivity contribution is 9.10. The molecule has 3 heteroatoms. The SMILES string of the molecule is Cc1ccccc1CC(CO)Cc1sccc1Br. The summed E-state index contributed by atoms with van der Waals surface area (Å²) in [6.45, 7) is 2.36. The molecule has 0 aliphatic heterocycles. The monoisotopic (exact) mass is 324 g/mol. The highest BCUT2D eigenvalue weighted by Crippen LogP contribution is 2.27. The number of aliphatic hydroxyl groups is 1. The number of aryl methyl sites for hydroxylation is 1. The summed E-state index contributed by atoms with van der Waals surface area (Å²) in [7, 11) is 0. The van der Waals surface area contributed by atoms with Crippen molar-refractivity contribution >= 4 is 27.3 Å². The fourth-order valence-electron chi connectivity index (χ4n) is 2.08. The molecule has 1 N–H and O–H groups in total. The summed E-state index contributed by atoms with van der Waals surface area (Å²) in [4.78, 5) is 1.32. The molecule has 1 atom stereocenters. The first kappa shape index (κ1) is 13.8. The third-order valence-corrected chi connectivity index (χ3v) is 5.14. The van der Waals surface area contributed by atoms with Crippen LogP contribution in [-0.2, 0) is 12.8 Å². The van der Waals surface area contributed by atoms with Gasteiger partial charge in [-0.15, -0.1) is 11.3 Å². The lowest BCUT2D eigenvalue weighted by molar-refractivity contribution is 0.225. The lowest BCUT2D eigenvalue weighted by Crippen LogP contribution is -2.13. The summed E-state index contributed by atoms with van der Waals surface area (Å²) in [6, 6.07) is 10.5. The number of thiophene rings is 1. The molecule has 0 saturated heterocycles. The maximum Gasteiger partial charge on any atom is 0.0465 e. The lowest BCUT2D eigenvalue weighted by Gasteiger charge is -2.15. The van der Waals surface area contributed by atoms with Crippen molar-refractivity contribution in [3.05, 3.63) is 56.2 Å². The average Bonchev–Trinajstić information content (AvgIpc) is 2.77. The molecular weight excluding hydrogens is 308 g/mol. The third-order valence-electron chi connectivity index (χ3n) is 3.19.